The number of carbonyl (C=O) groups excluding carboxylic acids is 1. The number of rotatable bonds is 6. The maximum atomic E-state index is 12.4. The van der Waals surface area contributed by atoms with Crippen LogP contribution in [0.15, 0.2) is 24.3 Å². The highest BCUT2D eigenvalue weighted by Crippen LogP contribution is 2.37. The Balaban J connectivity index is 1.92. The minimum Gasteiger partial charge on any atom is -0.497 e. The number of likely N-dealkylation sites (tertiary alicyclic amines) is 1. The van der Waals surface area contributed by atoms with E-state index >= 15 is 0 Å². The van der Waals surface area contributed by atoms with Gasteiger partial charge in [-0.05, 0) is 43.5 Å². The Hall–Kier alpha value is -1.35. The summed E-state index contributed by atoms with van der Waals surface area (Å²) in [5.74, 6) is 0.935. The van der Waals surface area contributed by atoms with Gasteiger partial charge in [-0.3, -0.25) is 9.69 Å². The normalized spacial score (nSPS) is 18.4. The lowest BCUT2D eigenvalue weighted by molar-refractivity contribution is 0.0756. The van der Waals surface area contributed by atoms with Gasteiger partial charge in [-0.2, -0.15) is 0 Å². The maximum Gasteiger partial charge on any atom is 0.176 e. The molecular weight excluding hydrogens is 262 g/mol. The number of carbonyl (C=O) groups is 1. The number of piperidine rings is 1. The molecule has 0 aliphatic carbocycles. The minimum atomic E-state index is 0.189. The van der Waals surface area contributed by atoms with Crippen LogP contribution in [0.2, 0.25) is 0 Å². The molecular formula is C18H27NO2. The molecule has 0 bridgehead atoms. The monoisotopic (exact) mass is 289 g/mol. The van der Waals surface area contributed by atoms with Crippen molar-refractivity contribution in [2.75, 3.05) is 26.7 Å². The fraction of sp³-hybridized carbons (Fsp3) is 0.611. The molecule has 1 aliphatic rings. The number of hydrogen-bond donors (Lipinski definition) is 0. The van der Waals surface area contributed by atoms with Crippen LogP contribution in [0, 0.1) is 5.41 Å². The highest BCUT2D eigenvalue weighted by Gasteiger charge is 2.31. The van der Waals surface area contributed by atoms with Crippen molar-refractivity contribution in [1.29, 1.82) is 0 Å². The molecule has 0 radical (unpaired) electrons. The second-order valence-electron chi connectivity index (χ2n) is 6.14. The van der Waals surface area contributed by atoms with E-state index in [1.165, 1.54) is 25.7 Å². The summed E-state index contributed by atoms with van der Waals surface area (Å²) in [7, 11) is 1.63. The molecule has 0 spiro atoms. The Kier molecular flexibility index (Phi) is 5.40. The van der Waals surface area contributed by atoms with Gasteiger partial charge in [0.15, 0.2) is 5.78 Å². The quantitative estimate of drug-likeness (QED) is 0.746. The molecule has 1 heterocycles. The van der Waals surface area contributed by atoms with Gasteiger partial charge in [0.2, 0.25) is 0 Å². The molecule has 0 amide bonds. The predicted octanol–water partition coefficient (Wildman–Crippen LogP) is 3.78. The largest absolute Gasteiger partial charge is 0.497 e. The first-order valence-electron chi connectivity index (χ1n) is 8.02. The van der Waals surface area contributed by atoms with Gasteiger partial charge < -0.3 is 4.74 Å². The van der Waals surface area contributed by atoms with Crippen molar-refractivity contribution in [3.63, 3.8) is 0 Å². The number of nitrogens with zero attached hydrogens (tertiary/aromatic N) is 1. The first-order valence-corrected chi connectivity index (χ1v) is 8.02. The van der Waals surface area contributed by atoms with Crippen LogP contribution in [0.3, 0.4) is 0 Å². The van der Waals surface area contributed by atoms with Crippen LogP contribution in [0.5, 0.6) is 5.75 Å². The zero-order valence-corrected chi connectivity index (χ0v) is 13.5. The molecule has 2 rings (SSSR count). The fourth-order valence-corrected chi connectivity index (χ4v) is 3.23. The van der Waals surface area contributed by atoms with Crippen molar-refractivity contribution in [3.05, 3.63) is 29.8 Å². The fourth-order valence-electron chi connectivity index (χ4n) is 3.23. The van der Waals surface area contributed by atoms with Gasteiger partial charge >= 0.3 is 0 Å². The average molecular weight is 289 g/mol. The molecule has 3 heteroatoms. The van der Waals surface area contributed by atoms with Crippen LogP contribution in [0.25, 0.3) is 0 Å². The van der Waals surface area contributed by atoms with Gasteiger partial charge in [0, 0.05) is 5.56 Å². The number of methoxy groups -OCH3 is 1. The Morgan fingerprint density at radius 2 is 1.90 bits per heavy atom. The number of Topliss-reactive ketones (excluding diaryl/α,β-unsaturated/α-hetero) is 1. The molecule has 1 aliphatic heterocycles. The van der Waals surface area contributed by atoms with Gasteiger partial charge in [0.1, 0.15) is 5.75 Å². The molecule has 1 saturated heterocycles. The van der Waals surface area contributed by atoms with Gasteiger partial charge in [0.25, 0.3) is 0 Å². The van der Waals surface area contributed by atoms with E-state index in [1.807, 2.05) is 24.3 Å². The number of hydrogen-bond acceptors (Lipinski definition) is 3. The summed E-state index contributed by atoms with van der Waals surface area (Å²) >= 11 is 0. The van der Waals surface area contributed by atoms with E-state index in [9.17, 15) is 4.79 Å². The minimum absolute atomic E-state index is 0.189. The van der Waals surface area contributed by atoms with Gasteiger partial charge in [-0.25, -0.2) is 0 Å². The summed E-state index contributed by atoms with van der Waals surface area (Å²) in [4.78, 5) is 14.7. The van der Waals surface area contributed by atoms with Crippen molar-refractivity contribution in [1.82, 2.24) is 4.90 Å². The first-order chi connectivity index (χ1) is 10.1. The standard InChI is InChI=1S/C18H27NO2/c1-4-18(5-2)9-11-19(12-10-18)14-17(20)15-7-6-8-16(13-15)21-3/h6-8,13H,4-5,9-12,14H2,1-3H3. The van der Waals surface area contributed by atoms with Crippen molar-refractivity contribution in [2.45, 2.75) is 39.5 Å². The summed E-state index contributed by atoms with van der Waals surface area (Å²) in [5, 5.41) is 0. The predicted molar refractivity (Wildman–Crippen MR) is 86.0 cm³/mol. The van der Waals surface area contributed by atoms with E-state index in [-0.39, 0.29) is 5.78 Å². The van der Waals surface area contributed by atoms with Crippen molar-refractivity contribution >= 4 is 5.78 Å². The summed E-state index contributed by atoms with van der Waals surface area (Å²) in [5.41, 5.74) is 1.26. The van der Waals surface area contributed by atoms with Gasteiger partial charge in [-0.1, -0.05) is 38.8 Å². The molecule has 0 N–H and O–H groups in total. The molecule has 3 nitrogen and oxygen atoms in total. The maximum absolute atomic E-state index is 12.4. The van der Waals surface area contributed by atoms with Crippen LogP contribution in [0.4, 0.5) is 0 Å². The number of ether oxygens (including phenoxy) is 1. The van der Waals surface area contributed by atoms with Crippen LogP contribution in [-0.2, 0) is 0 Å². The highest BCUT2D eigenvalue weighted by atomic mass is 16.5. The van der Waals surface area contributed by atoms with Crippen molar-refractivity contribution in [3.8, 4) is 5.75 Å². The van der Waals surface area contributed by atoms with Crippen LogP contribution in [-0.4, -0.2) is 37.4 Å². The second-order valence-corrected chi connectivity index (χ2v) is 6.14. The third kappa shape index (κ3) is 3.85. The van der Waals surface area contributed by atoms with E-state index in [0.717, 1.165) is 24.4 Å². The third-order valence-corrected chi connectivity index (χ3v) is 5.18. The lowest BCUT2D eigenvalue weighted by Gasteiger charge is -2.40. The smallest absolute Gasteiger partial charge is 0.176 e. The van der Waals surface area contributed by atoms with Crippen LogP contribution >= 0.6 is 0 Å². The van der Waals surface area contributed by atoms with E-state index in [1.54, 1.807) is 7.11 Å². The second kappa shape index (κ2) is 7.08. The van der Waals surface area contributed by atoms with Crippen LogP contribution in [0.1, 0.15) is 49.9 Å². The van der Waals surface area contributed by atoms with Crippen LogP contribution < -0.4 is 4.74 Å². The molecule has 116 valence electrons. The average Bonchev–Trinajstić information content (AvgIpc) is 2.56. The lowest BCUT2D eigenvalue weighted by atomic mass is 9.74. The summed E-state index contributed by atoms with van der Waals surface area (Å²) < 4.78 is 5.19. The summed E-state index contributed by atoms with van der Waals surface area (Å²) in [6, 6.07) is 7.45. The topological polar surface area (TPSA) is 29.5 Å². The zero-order valence-electron chi connectivity index (χ0n) is 13.5. The SMILES string of the molecule is CCC1(CC)CCN(CC(=O)c2cccc(OC)c2)CC1. The van der Waals surface area contributed by atoms with E-state index in [2.05, 4.69) is 18.7 Å². The molecule has 0 atom stereocenters. The highest BCUT2D eigenvalue weighted by molar-refractivity contribution is 5.97. The van der Waals surface area contributed by atoms with E-state index < -0.39 is 0 Å². The molecule has 0 saturated carbocycles. The Morgan fingerprint density at radius 3 is 2.48 bits per heavy atom. The summed E-state index contributed by atoms with van der Waals surface area (Å²) in [6.07, 6.45) is 4.93. The Bertz CT molecular complexity index is 470. The Labute approximate surface area is 128 Å². The Morgan fingerprint density at radius 1 is 1.24 bits per heavy atom. The molecule has 1 fully saturated rings. The van der Waals surface area contributed by atoms with Crippen molar-refractivity contribution in [2.24, 2.45) is 5.41 Å². The number of benzene rings is 1. The zero-order chi connectivity index (χ0) is 15.3. The summed E-state index contributed by atoms with van der Waals surface area (Å²) in [6.45, 7) is 7.19. The lowest BCUT2D eigenvalue weighted by Crippen LogP contribution is -2.41. The van der Waals surface area contributed by atoms with Crippen molar-refractivity contribution < 1.29 is 9.53 Å². The van der Waals surface area contributed by atoms with E-state index in [4.69, 9.17) is 4.74 Å². The van der Waals surface area contributed by atoms with E-state index in [0.29, 0.717) is 12.0 Å². The molecule has 0 unspecified atom stereocenters. The molecule has 1 aromatic rings. The number of ketones is 1. The van der Waals surface area contributed by atoms with Gasteiger partial charge in [0.05, 0.1) is 13.7 Å². The molecule has 21 heavy (non-hydrogen) atoms. The van der Waals surface area contributed by atoms with Gasteiger partial charge in [-0.15, -0.1) is 0 Å². The molecule has 1 aromatic carbocycles. The third-order valence-electron chi connectivity index (χ3n) is 5.18. The molecule has 0 aromatic heterocycles. The first kappa shape index (κ1) is 16.0.